The molecule has 2 aliphatic rings. The first-order valence-corrected chi connectivity index (χ1v) is 16.2. The number of fused-ring (bicyclic) bond motifs is 2. The molecule has 1 atom stereocenters. The molecule has 2 aliphatic heterocycles. The minimum atomic E-state index is -0.0513. The molecule has 45 heavy (non-hydrogen) atoms. The molecule has 3 rings (SSSR count). The van der Waals surface area contributed by atoms with Crippen molar-refractivity contribution in [1.82, 2.24) is 9.88 Å². The van der Waals surface area contributed by atoms with E-state index in [4.69, 9.17) is 4.98 Å². The summed E-state index contributed by atoms with van der Waals surface area (Å²) < 4.78 is 0. The molecule has 244 valence electrons. The number of likely N-dealkylation sites (tertiary alicyclic amines) is 1. The van der Waals surface area contributed by atoms with E-state index >= 15 is 0 Å². The number of hydrogen-bond acceptors (Lipinski definition) is 4. The fourth-order valence-electron chi connectivity index (χ4n) is 4.98. The number of carbonyl (C=O) groups excluding carboxylic acids is 1. The molecular weight excluding hydrogens is 552 g/mol. The molecule has 5 nitrogen and oxygen atoms in total. The summed E-state index contributed by atoms with van der Waals surface area (Å²) in [6, 6.07) is 4.01. The third-order valence-corrected chi connectivity index (χ3v) is 7.42. The zero-order chi connectivity index (χ0) is 33.8. The zero-order valence-corrected chi connectivity index (χ0v) is 28.8. The lowest BCUT2D eigenvalue weighted by Gasteiger charge is -2.46. The molecule has 3 heterocycles. The summed E-state index contributed by atoms with van der Waals surface area (Å²) in [5.41, 5.74) is 2.11. The van der Waals surface area contributed by atoms with Crippen LogP contribution in [0.1, 0.15) is 79.3 Å². The Kier molecular flexibility index (Phi) is 24.0. The molecule has 0 aliphatic carbocycles. The highest BCUT2D eigenvalue weighted by Gasteiger charge is 2.45. The Balaban J connectivity index is 0.000000740. The molecule has 1 saturated heterocycles. The zero-order valence-electron chi connectivity index (χ0n) is 28.8. The monoisotopic (exact) mass is 610 g/mol. The van der Waals surface area contributed by atoms with Gasteiger partial charge in [0.2, 0.25) is 5.91 Å². The first-order valence-electron chi connectivity index (χ1n) is 16.2. The SMILES string of the molecule is C#C.C=C/C=C/C(C)/C=C\C/C=C\C.CC/C=C\CN1C(=O)CC2(CCN(CC)CC2)c2ncccc21.C\C=C/C=N\C=C\C. The van der Waals surface area contributed by atoms with Crippen LogP contribution in [0.2, 0.25) is 0 Å². The second-order valence-corrected chi connectivity index (χ2v) is 10.7. The Morgan fingerprint density at radius 3 is 2.36 bits per heavy atom. The molecule has 0 saturated carbocycles. The van der Waals surface area contributed by atoms with Gasteiger partial charge in [0, 0.05) is 37.0 Å². The van der Waals surface area contributed by atoms with Gasteiger partial charge in [0.15, 0.2) is 0 Å². The van der Waals surface area contributed by atoms with Crippen molar-refractivity contribution in [1.29, 1.82) is 0 Å². The van der Waals surface area contributed by atoms with Gasteiger partial charge in [-0.25, -0.2) is 0 Å². The number of amides is 1. The van der Waals surface area contributed by atoms with Crippen LogP contribution in [0.15, 0.2) is 109 Å². The summed E-state index contributed by atoms with van der Waals surface area (Å²) >= 11 is 0. The van der Waals surface area contributed by atoms with Gasteiger partial charge in [-0.05, 0) is 90.2 Å². The Labute approximate surface area is 275 Å². The Hall–Kier alpha value is -4.01. The lowest BCUT2D eigenvalue weighted by Crippen LogP contribution is -2.50. The van der Waals surface area contributed by atoms with Gasteiger partial charge in [-0.3, -0.25) is 14.8 Å². The highest BCUT2D eigenvalue weighted by Crippen LogP contribution is 2.45. The van der Waals surface area contributed by atoms with Gasteiger partial charge in [0.1, 0.15) is 0 Å². The normalized spacial score (nSPS) is 17.1. The van der Waals surface area contributed by atoms with Crippen molar-refractivity contribution in [2.24, 2.45) is 10.9 Å². The van der Waals surface area contributed by atoms with E-state index in [1.165, 1.54) is 0 Å². The molecule has 0 radical (unpaired) electrons. The quantitative estimate of drug-likeness (QED) is 0.109. The standard InChI is InChI=1S/C19H27N3O.C12H18.C7H11N.C2H2/c1-3-5-6-12-22-16-8-7-11-20-18(16)19(15-17(22)23)9-13-21(4-2)14-10-19;1-4-6-8-9-11-12(3)10-7-5-2;1-3-5-7-8-6-4-2;1-2/h5-8,11H,3-4,9-10,12-15H2,1-2H3;4-7,9-12H,2,8H2,1,3H3;3-7H,1-2H3;1-2H/b6-5-;6-4-,10-7+,11-9-;5-3-,6-4+,8-7-;. The topological polar surface area (TPSA) is 48.8 Å². The summed E-state index contributed by atoms with van der Waals surface area (Å²) in [7, 11) is 0. The number of carbonyl (C=O) groups is 1. The average molecular weight is 611 g/mol. The number of nitrogens with zero attached hydrogens (tertiary/aromatic N) is 4. The van der Waals surface area contributed by atoms with Crippen molar-refractivity contribution in [3.05, 3.63) is 110 Å². The van der Waals surface area contributed by atoms with Crippen molar-refractivity contribution in [3.63, 3.8) is 0 Å². The maximum atomic E-state index is 12.8. The lowest BCUT2D eigenvalue weighted by molar-refractivity contribution is -0.120. The number of terminal acetylenes is 1. The van der Waals surface area contributed by atoms with Crippen LogP contribution in [0.4, 0.5) is 5.69 Å². The summed E-state index contributed by atoms with van der Waals surface area (Å²) in [5.74, 6) is 0.754. The van der Waals surface area contributed by atoms with Gasteiger partial charge >= 0.3 is 0 Å². The maximum Gasteiger partial charge on any atom is 0.228 e. The van der Waals surface area contributed by atoms with Crippen molar-refractivity contribution in [2.45, 2.75) is 79.1 Å². The summed E-state index contributed by atoms with van der Waals surface area (Å²) in [6.45, 7) is 19.9. The van der Waals surface area contributed by atoms with Crippen LogP contribution >= 0.6 is 0 Å². The molecule has 1 aromatic heterocycles. The molecule has 1 aromatic rings. The van der Waals surface area contributed by atoms with Crippen LogP contribution in [0.25, 0.3) is 0 Å². The smallest absolute Gasteiger partial charge is 0.228 e. The van der Waals surface area contributed by atoms with Crippen LogP contribution in [0.5, 0.6) is 0 Å². The number of aromatic nitrogens is 1. The average Bonchev–Trinajstić information content (AvgIpc) is 3.07. The van der Waals surface area contributed by atoms with Crippen LogP contribution in [-0.2, 0) is 10.2 Å². The van der Waals surface area contributed by atoms with Gasteiger partial charge in [0.25, 0.3) is 0 Å². The Morgan fingerprint density at radius 2 is 1.76 bits per heavy atom. The molecule has 0 bridgehead atoms. The highest BCUT2D eigenvalue weighted by molar-refractivity contribution is 5.97. The van der Waals surface area contributed by atoms with Crippen LogP contribution in [0, 0.1) is 18.8 Å². The molecular formula is C40H58N4O. The highest BCUT2D eigenvalue weighted by atomic mass is 16.2. The number of allylic oxidation sites excluding steroid dienone is 11. The molecule has 0 N–H and O–H groups in total. The van der Waals surface area contributed by atoms with E-state index in [2.05, 4.69) is 98.7 Å². The minimum absolute atomic E-state index is 0.0513. The lowest BCUT2D eigenvalue weighted by atomic mass is 9.70. The van der Waals surface area contributed by atoms with Crippen molar-refractivity contribution < 1.29 is 4.79 Å². The van der Waals surface area contributed by atoms with Gasteiger partial charge in [-0.15, -0.1) is 12.8 Å². The van der Waals surface area contributed by atoms with E-state index in [1.54, 1.807) is 18.5 Å². The predicted molar refractivity (Wildman–Crippen MR) is 199 cm³/mol. The molecule has 1 unspecified atom stereocenters. The minimum Gasteiger partial charge on any atom is -0.307 e. The Bertz CT molecular complexity index is 1160. The largest absolute Gasteiger partial charge is 0.307 e. The first kappa shape index (κ1) is 41.0. The Morgan fingerprint density at radius 1 is 1.02 bits per heavy atom. The van der Waals surface area contributed by atoms with E-state index in [0.29, 0.717) is 18.9 Å². The van der Waals surface area contributed by atoms with Gasteiger partial charge in [0.05, 0.1) is 11.4 Å². The van der Waals surface area contributed by atoms with Crippen molar-refractivity contribution in [2.75, 3.05) is 31.1 Å². The van der Waals surface area contributed by atoms with Crippen LogP contribution in [-0.4, -0.2) is 48.2 Å². The molecule has 1 fully saturated rings. The third-order valence-electron chi connectivity index (χ3n) is 7.42. The van der Waals surface area contributed by atoms with E-state index in [-0.39, 0.29) is 11.3 Å². The number of anilines is 1. The van der Waals surface area contributed by atoms with Crippen LogP contribution in [0.3, 0.4) is 0 Å². The summed E-state index contributed by atoms with van der Waals surface area (Å²) in [5, 5.41) is 0. The molecule has 1 amide bonds. The van der Waals surface area contributed by atoms with Gasteiger partial charge in [-0.1, -0.05) is 94.2 Å². The maximum absolute atomic E-state index is 12.8. The number of piperidine rings is 1. The third kappa shape index (κ3) is 16.0. The molecule has 1 spiro atoms. The van der Waals surface area contributed by atoms with Gasteiger partial charge < -0.3 is 9.80 Å². The predicted octanol–water partition coefficient (Wildman–Crippen LogP) is 9.44. The molecule has 5 heteroatoms. The fraction of sp³-hybridized carbons (Fsp3) is 0.425. The van der Waals surface area contributed by atoms with Crippen LogP contribution < -0.4 is 4.90 Å². The van der Waals surface area contributed by atoms with E-state index in [9.17, 15) is 4.79 Å². The van der Waals surface area contributed by atoms with Crippen molar-refractivity contribution in [3.8, 4) is 12.8 Å². The number of pyridine rings is 1. The van der Waals surface area contributed by atoms with E-state index in [1.807, 2.05) is 62.2 Å². The summed E-state index contributed by atoms with van der Waals surface area (Å²) in [6.07, 6.45) is 42.5. The van der Waals surface area contributed by atoms with Gasteiger partial charge in [-0.2, -0.15) is 0 Å². The fourth-order valence-corrected chi connectivity index (χ4v) is 4.98. The summed E-state index contributed by atoms with van der Waals surface area (Å²) in [4.78, 5) is 25.8. The molecule has 0 aromatic carbocycles. The first-order chi connectivity index (χ1) is 21.9. The van der Waals surface area contributed by atoms with E-state index < -0.39 is 0 Å². The second-order valence-electron chi connectivity index (χ2n) is 10.7. The second kappa shape index (κ2) is 26.4. The number of rotatable bonds is 11. The van der Waals surface area contributed by atoms with E-state index in [0.717, 1.165) is 56.7 Å². The number of hydrogen-bond donors (Lipinski definition) is 0. The van der Waals surface area contributed by atoms with Crippen molar-refractivity contribution >= 4 is 17.8 Å². The number of aliphatic imine (C=N–C) groups is 1.